The molecule has 0 spiro atoms. The molecule has 1 atom stereocenters. The zero-order chi connectivity index (χ0) is 12.4. The van der Waals surface area contributed by atoms with E-state index in [1.807, 2.05) is 16.8 Å². The van der Waals surface area contributed by atoms with Crippen LogP contribution in [0.2, 0.25) is 0 Å². The van der Waals surface area contributed by atoms with Gasteiger partial charge in [0.05, 0.1) is 6.20 Å². The van der Waals surface area contributed by atoms with Crippen LogP contribution in [0.4, 0.5) is 5.82 Å². The lowest BCUT2D eigenvalue weighted by molar-refractivity contribution is 0.793. The highest BCUT2D eigenvalue weighted by atomic mass is 32.1. The van der Waals surface area contributed by atoms with Crippen molar-refractivity contribution in [2.75, 3.05) is 5.32 Å². The highest BCUT2D eigenvalue weighted by Gasteiger charge is 2.08. The van der Waals surface area contributed by atoms with E-state index < -0.39 is 0 Å². The van der Waals surface area contributed by atoms with E-state index in [-0.39, 0.29) is 0 Å². The van der Waals surface area contributed by atoms with Crippen molar-refractivity contribution in [1.82, 2.24) is 14.6 Å². The first-order chi connectivity index (χ1) is 8.83. The van der Waals surface area contributed by atoms with E-state index in [2.05, 4.69) is 39.8 Å². The Morgan fingerprint density at radius 2 is 2.33 bits per heavy atom. The van der Waals surface area contributed by atoms with Crippen molar-refractivity contribution in [2.45, 2.75) is 19.4 Å². The standard InChI is InChI=1S/C13H14N4S/c1-10(9-11-3-2-8-18-11)16-13-12-4-5-15-17(12)7-6-14-13/h2-8,10H,9H2,1H3,(H,14,16). The molecule has 3 rings (SSSR count). The van der Waals surface area contributed by atoms with Gasteiger partial charge in [-0.1, -0.05) is 6.07 Å². The number of fused-ring (bicyclic) bond motifs is 1. The largest absolute Gasteiger partial charge is 0.365 e. The monoisotopic (exact) mass is 258 g/mol. The van der Waals surface area contributed by atoms with Crippen LogP contribution in [0.5, 0.6) is 0 Å². The van der Waals surface area contributed by atoms with Gasteiger partial charge in [0.15, 0.2) is 5.82 Å². The van der Waals surface area contributed by atoms with E-state index in [0.29, 0.717) is 6.04 Å². The molecule has 0 saturated carbocycles. The van der Waals surface area contributed by atoms with Crippen molar-refractivity contribution in [2.24, 2.45) is 0 Å². The van der Waals surface area contributed by atoms with Crippen LogP contribution in [0, 0.1) is 0 Å². The maximum Gasteiger partial charge on any atom is 0.152 e. The van der Waals surface area contributed by atoms with Gasteiger partial charge in [0.25, 0.3) is 0 Å². The Hall–Kier alpha value is -1.88. The summed E-state index contributed by atoms with van der Waals surface area (Å²) in [6.07, 6.45) is 6.41. The summed E-state index contributed by atoms with van der Waals surface area (Å²) < 4.78 is 1.83. The summed E-state index contributed by atoms with van der Waals surface area (Å²) >= 11 is 1.79. The van der Waals surface area contributed by atoms with E-state index in [4.69, 9.17) is 0 Å². The first-order valence-corrected chi connectivity index (χ1v) is 6.78. The van der Waals surface area contributed by atoms with Crippen molar-refractivity contribution in [3.8, 4) is 0 Å². The average Bonchev–Trinajstić information content (AvgIpc) is 2.99. The molecule has 3 aromatic heterocycles. The molecule has 0 aliphatic heterocycles. The fraction of sp³-hybridized carbons (Fsp3) is 0.231. The highest BCUT2D eigenvalue weighted by Crippen LogP contribution is 2.16. The molecule has 0 aliphatic carbocycles. The van der Waals surface area contributed by atoms with Gasteiger partial charge in [-0.25, -0.2) is 9.50 Å². The molecule has 5 heteroatoms. The predicted molar refractivity (Wildman–Crippen MR) is 74.1 cm³/mol. The van der Waals surface area contributed by atoms with E-state index in [1.165, 1.54) is 4.88 Å². The summed E-state index contributed by atoms with van der Waals surface area (Å²) in [7, 11) is 0. The molecule has 1 unspecified atom stereocenters. The number of nitrogens with zero attached hydrogens (tertiary/aromatic N) is 3. The molecule has 0 bridgehead atoms. The van der Waals surface area contributed by atoms with Crippen LogP contribution in [0.25, 0.3) is 5.52 Å². The number of rotatable bonds is 4. The lowest BCUT2D eigenvalue weighted by Crippen LogP contribution is -2.18. The molecule has 0 fully saturated rings. The minimum atomic E-state index is 0.345. The fourth-order valence-corrected chi connectivity index (χ4v) is 2.82. The third-order valence-corrected chi connectivity index (χ3v) is 3.69. The van der Waals surface area contributed by atoms with Crippen molar-refractivity contribution in [3.63, 3.8) is 0 Å². The molecule has 4 nitrogen and oxygen atoms in total. The summed E-state index contributed by atoms with van der Waals surface area (Å²) in [5, 5.41) is 9.75. The van der Waals surface area contributed by atoms with Crippen LogP contribution in [-0.2, 0) is 6.42 Å². The van der Waals surface area contributed by atoms with Gasteiger partial charge in [-0.2, -0.15) is 5.10 Å². The molecular weight excluding hydrogens is 244 g/mol. The molecule has 0 saturated heterocycles. The number of nitrogens with one attached hydrogen (secondary N) is 1. The molecule has 0 amide bonds. The fourth-order valence-electron chi connectivity index (χ4n) is 1.98. The molecule has 0 radical (unpaired) electrons. The smallest absolute Gasteiger partial charge is 0.152 e. The number of hydrogen-bond acceptors (Lipinski definition) is 4. The lowest BCUT2D eigenvalue weighted by Gasteiger charge is -2.14. The van der Waals surface area contributed by atoms with Crippen LogP contribution in [-0.4, -0.2) is 20.6 Å². The van der Waals surface area contributed by atoms with Crippen LogP contribution < -0.4 is 5.32 Å². The van der Waals surface area contributed by atoms with Crippen molar-refractivity contribution in [3.05, 3.63) is 47.0 Å². The first kappa shape index (κ1) is 11.2. The Morgan fingerprint density at radius 3 is 3.17 bits per heavy atom. The Balaban J connectivity index is 1.77. The third-order valence-electron chi connectivity index (χ3n) is 2.80. The van der Waals surface area contributed by atoms with Gasteiger partial charge in [-0.15, -0.1) is 11.3 Å². The lowest BCUT2D eigenvalue weighted by atomic mass is 10.2. The third kappa shape index (κ3) is 2.22. The summed E-state index contributed by atoms with van der Waals surface area (Å²) in [6, 6.07) is 6.56. The zero-order valence-corrected chi connectivity index (χ0v) is 10.9. The van der Waals surface area contributed by atoms with Gasteiger partial charge in [0.2, 0.25) is 0 Å². The van der Waals surface area contributed by atoms with Gasteiger partial charge < -0.3 is 5.32 Å². The second-order valence-corrected chi connectivity index (χ2v) is 5.30. The Morgan fingerprint density at radius 1 is 1.39 bits per heavy atom. The normalized spacial score (nSPS) is 12.7. The summed E-state index contributed by atoms with van der Waals surface area (Å²) in [5.74, 6) is 0.888. The van der Waals surface area contributed by atoms with E-state index in [0.717, 1.165) is 17.8 Å². The molecule has 18 heavy (non-hydrogen) atoms. The summed E-state index contributed by atoms with van der Waals surface area (Å²) in [4.78, 5) is 5.76. The van der Waals surface area contributed by atoms with Crippen molar-refractivity contribution < 1.29 is 0 Å². The van der Waals surface area contributed by atoms with Gasteiger partial charge in [-0.05, 0) is 24.4 Å². The van der Waals surface area contributed by atoms with E-state index in [1.54, 1.807) is 23.7 Å². The average molecular weight is 258 g/mol. The second-order valence-electron chi connectivity index (χ2n) is 4.27. The number of thiophene rings is 1. The molecule has 0 aromatic carbocycles. The van der Waals surface area contributed by atoms with Gasteiger partial charge in [0.1, 0.15) is 5.52 Å². The second kappa shape index (κ2) is 4.78. The molecule has 1 N–H and O–H groups in total. The Kier molecular flexibility index (Phi) is 2.98. The SMILES string of the molecule is CC(Cc1cccs1)Nc1nccn2nccc12. The minimum Gasteiger partial charge on any atom is -0.365 e. The summed E-state index contributed by atoms with van der Waals surface area (Å²) in [6.45, 7) is 2.17. The molecule has 92 valence electrons. The zero-order valence-electron chi connectivity index (χ0n) is 10.1. The van der Waals surface area contributed by atoms with Crippen LogP contribution in [0.3, 0.4) is 0 Å². The molecule has 3 heterocycles. The predicted octanol–water partition coefficient (Wildman–Crippen LogP) is 2.83. The maximum atomic E-state index is 4.38. The Labute approximate surface area is 109 Å². The number of aromatic nitrogens is 3. The van der Waals surface area contributed by atoms with Gasteiger partial charge in [0, 0.05) is 29.7 Å². The first-order valence-electron chi connectivity index (χ1n) is 5.90. The van der Waals surface area contributed by atoms with E-state index in [9.17, 15) is 0 Å². The quantitative estimate of drug-likeness (QED) is 0.782. The van der Waals surface area contributed by atoms with Crippen LogP contribution in [0.15, 0.2) is 42.2 Å². The molecule has 0 aliphatic rings. The van der Waals surface area contributed by atoms with Gasteiger partial charge >= 0.3 is 0 Å². The minimum absolute atomic E-state index is 0.345. The van der Waals surface area contributed by atoms with Crippen molar-refractivity contribution in [1.29, 1.82) is 0 Å². The van der Waals surface area contributed by atoms with Crippen LogP contribution >= 0.6 is 11.3 Å². The maximum absolute atomic E-state index is 4.38. The molecule has 3 aromatic rings. The highest BCUT2D eigenvalue weighted by molar-refractivity contribution is 7.09. The molecular formula is C13H14N4S. The van der Waals surface area contributed by atoms with Crippen molar-refractivity contribution >= 4 is 22.7 Å². The van der Waals surface area contributed by atoms with E-state index >= 15 is 0 Å². The Bertz CT molecular complexity index is 629. The topological polar surface area (TPSA) is 42.2 Å². The summed E-state index contributed by atoms with van der Waals surface area (Å²) in [5.41, 5.74) is 1.01. The van der Waals surface area contributed by atoms with Gasteiger partial charge in [-0.3, -0.25) is 0 Å². The number of hydrogen-bond donors (Lipinski definition) is 1. The van der Waals surface area contributed by atoms with Crippen LogP contribution in [0.1, 0.15) is 11.8 Å². The number of anilines is 1.